The molecule has 10 heteroatoms. The van der Waals surface area contributed by atoms with Gasteiger partial charge in [-0.1, -0.05) is 18.2 Å². The largest absolute Gasteiger partial charge is 0.485 e. The summed E-state index contributed by atoms with van der Waals surface area (Å²) in [7, 11) is 0. The number of anilines is 1. The lowest BCUT2D eigenvalue weighted by molar-refractivity contribution is -0.395. The molecule has 1 N–H and O–H groups in total. The molecule has 154 valence electrons. The molecule has 0 spiro atoms. The Morgan fingerprint density at radius 3 is 2.27 bits per heavy atom. The van der Waals surface area contributed by atoms with Crippen molar-refractivity contribution in [1.29, 1.82) is 0 Å². The monoisotopic (exact) mass is 411 g/mol. The SMILES string of the molecule is Cc1ccccc1OCc1ccc(C(=O)Nc2cc([N+](=O)[O-])c(C)c([N+](=O)[O-])c2)o1. The van der Waals surface area contributed by atoms with Crippen LogP contribution in [0.1, 0.15) is 27.4 Å². The van der Waals surface area contributed by atoms with Crippen LogP contribution in [0.25, 0.3) is 0 Å². The van der Waals surface area contributed by atoms with Crippen LogP contribution < -0.4 is 10.1 Å². The van der Waals surface area contributed by atoms with Crippen molar-refractivity contribution in [3.05, 3.63) is 91.4 Å². The van der Waals surface area contributed by atoms with E-state index in [1.54, 1.807) is 6.07 Å². The van der Waals surface area contributed by atoms with Crippen LogP contribution in [0.3, 0.4) is 0 Å². The summed E-state index contributed by atoms with van der Waals surface area (Å²) in [5.41, 5.74) is -0.170. The summed E-state index contributed by atoms with van der Waals surface area (Å²) in [4.78, 5) is 33.2. The Balaban J connectivity index is 1.75. The second-order valence-corrected chi connectivity index (χ2v) is 6.43. The summed E-state index contributed by atoms with van der Waals surface area (Å²) in [6.45, 7) is 3.27. The number of amides is 1. The summed E-state index contributed by atoms with van der Waals surface area (Å²) in [6.07, 6.45) is 0. The van der Waals surface area contributed by atoms with E-state index < -0.39 is 27.1 Å². The van der Waals surface area contributed by atoms with Crippen molar-refractivity contribution < 1.29 is 23.8 Å². The molecule has 10 nitrogen and oxygen atoms in total. The van der Waals surface area contributed by atoms with Gasteiger partial charge in [-0.2, -0.15) is 0 Å². The van der Waals surface area contributed by atoms with E-state index in [4.69, 9.17) is 9.15 Å². The maximum Gasteiger partial charge on any atom is 0.291 e. The van der Waals surface area contributed by atoms with Gasteiger partial charge in [0.15, 0.2) is 5.76 Å². The van der Waals surface area contributed by atoms with Crippen LogP contribution in [0.2, 0.25) is 0 Å². The smallest absolute Gasteiger partial charge is 0.291 e. The minimum Gasteiger partial charge on any atom is -0.485 e. The van der Waals surface area contributed by atoms with Gasteiger partial charge in [0.2, 0.25) is 0 Å². The highest BCUT2D eigenvalue weighted by molar-refractivity contribution is 6.02. The van der Waals surface area contributed by atoms with Crippen LogP contribution in [0.5, 0.6) is 5.75 Å². The van der Waals surface area contributed by atoms with E-state index in [0.717, 1.165) is 17.7 Å². The van der Waals surface area contributed by atoms with Crippen LogP contribution in [-0.4, -0.2) is 15.8 Å². The molecule has 1 heterocycles. The molecule has 0 bridgehead atoms. The summed E-state index contributed by atoms with van der Waals surface area (Å²) in [6, 6.07) is 12.5. The third-order valence-corrected chi connectivity index (χ3v) is 4.35. The number of carbonyl (C=O) groups excluding carboxylic acids is 1. The Hall–Kier alpha value is -4.21. The third-order valence-electron chi connectivity index (χ3n) is 4.35. The molecular formula is C20H17N3O7. The first-order chi connectivity index (χ1) is 14.3. The number of rotatable bonds is 7. The number of hydrogen-bond acceptors (Lipinski definition) is 7. The first-order valence-corrected chi connectivity index (χ1v) is 8.78. The lowest BCUT2D eigenvalue weighted by atomic mass is 10.1. The van der Waals surface area contributed by atoms with Crippen LogP contribution in [0.15, 0.2) is 52.9 Å². The number of aryl methyl sites for hydroxylation is 1. The number of para-hydroxylation sites is 1. The van der Waals surface area contributed by atoms with Crippen LogP contribution in [0.4, 0.5) is 17.1 Å². The molecule has 0 saturated carbocycles. The van der Waals surface area contributed by atoms with Gasteiger partial charge < -0.3 is 14.5 Å². The highest BCUT2D eigenvalue weighted by Gasteiger charge is 2.24. The Morgan fingerprint density at radius 2 is 1.67 bits per heavy atom. The van der Waals surface area contributed by atoms with Crippen molar-refractivity contribution in [3.8, 4) is 5.75 Å². The van der Waals surface area contributed by atoms with Crippen LogP contribution >= 0.6 is 0 Å². The number of nitro groups is 2. The molecule has 0 saturated heterocycles. The van der Waals surface area contributed by atoms with Gasteiger partial charge in [-0.3, -0.25) is 25.0 Å². The van der Waals surface area contributed by atoms with Crippen molar-refractivity contribution in [2.45, 2.75) is 20.5 Å². The Labute approximate surface area is 170 Å². The second kappa shape index (κ2) is 8.43. The van der Waals surface area contributed by atoms with Gasteiger partial charge in [-0.15, -0.1) is 0 Å². The first kappa shape index (κ1) is 20.5. The molecular weight excluding hydrogens is 394 g/mol. The summed E-state index contributed by atoms with van der Waals surface area (Å²) in [5, 5.41) is 24.7. The van der Waals surface area contributed by atoms with Gasteiger partial charge in [-0.05, 0) is 37.6 Å². The molecule has 0 aliphatic rings. The number of ether oxygens (including phenoxy) is 1. The summed E-state index contributed by atoms with van der Waals surface area (Å²) >= 11 is 0. The van der Waals surface area contributed by atoms with Crippen molar-refractivity contribution in [2.75, 3.05) is 5.32 Å². The van der Waals surface area contributed by atoms with E-state index in [1.807, 2.05) is 31.2 Å². The van der Waals surface area contributed by atoms with E-state index in [-0.39, 0.29) is 23.6 Å². The quantitative estimate of drug-likeness (QED) is 0.445. The zero-order chi connectivity index (χ0) is 21.8. The minimum atomic E-state index is -0.744. The highest BCUT2D eigenvalue weighted by Crippen LogP contribution is 2.32. The molecule has 0 atom stereocenters. The standard InChI is InChI=1S/C20H17N3O7/c1-12-5-3-4-6-18(12)29-11-15-7-8-19(30-15)20(24)21-14-9-16(22(25)26)13(2)17(10-14)23(27)28/h3-10H,11H2,1-2H3,(H,21,24). The van der Waals surface area contributed by atoms with Crippen molar-refractivity contribution in [3.63, 3.8) is 0 Å². The average Bonchev–Trinajstić information content (AvgIpc) is 3.17. The van der Waals surface area contributed by atoms with Crippen LogP contribution in [0, 0.1) is 34.1 Å². The Morgan fingerprint density at radius 1 is 1.03 bits per heavy atom. The Bertz CT molecular complexity index is 1100. The van der Waals surface area contributed by atoms with Gasteiger partial charge >= 0.3 is 0 Å². The van der Waals surface area contributed by atoms with Gasteiger partial charge in [0.05, 0.1) is 15.5 Å². The fraction of sp³-hybridized carbons (Fsp3) is 0.150. The molecule has 0 radical (unpaired) electrons. The summed E-state index contributed by atoms with van der Waals surface area (Å²) < 4.78 is 11.1. The zero-order valence-electron chi connectivity index (χ0n) is 16.1. The fourth-order valence-electron chi connectivity index (χ4n) is 2.77. The molecule has 30 heavy (non-hydrogen) atoms. The molecule has 0 aliphatic carbocycles. The molecule has 2 aromatic carbocycles. The molecule has 1 aromatic heterocycles. The molecule has 1 amide bonds. The maximum absolute atomic E-state index is 12.4. The lowest BCUT2D eigenvalue weighted by Crippen LogP contribution is -2.12. The zero-order valence-corrected chi connectivity index (χ0v) is 16.1. The topological polar surface area (TPSA) is 138 Å². The molecule has 0 fully saturated rings. The molecule has 0 aliphatic heterocycles. The lowest BCUT2D eigenvalue weighted by Gasteiger charge is -2.07. The fourth-order valence-corrected chi connectivity index (χ4v) is 2.77. The number of hydrogen-bond donors (Lipinski definition) is 1. The van der Waals surface area contributed by atoms with Gasteiger partial charge in [0, 0.05) is 12.1 Å². The second-order valence-electron chi connectivity index (χ2n) is 6.43. The van der Waals surface area contributed by atoms with Crippen LogP contribution in [-0.2, 0) is 6.61 Å². The minimum absolute atomic E-state index is 0.0655. The van der Waals surface area contributed by atoms with Gasteiger partial charge in [0.1, 0.15) is 23.7 Å². The number of carbonyl (C=O) groups is 1. The molecule has 3 aromatic rings. The predicted molar refractivity (Wildman–Crippen MR) is 107 cm³/mol. The number of nitro benzene ring substituents is 2. The van der Waals surface area contributed by atoms with E-state index in [0.29, 0.717) is 11.5 Å². The summed E-state index contributed by atoms with van der Waals surface area (Å²) in [5.74, 6) is 0.303. The van der Waals surface area contributed by atoms with Crippen molar-refractivity contribution in [1.82, 2.24) is 0 Å². The van der Waals surface area contributed by atoms with Gasteiger partial charge in [0.25, 0.3) is 17.3 Å². The molecule has 0 unspecified atom stereocenters. The average molecular weight is 411 g/mol. The van der Waals surface area contributed by atoms with E-state index in [2.05, 4.69) is 5.32 Å². The van der Waals surface area contributed by atoms with E-state index in [9.17, 15) is 25.0 Å². The van der Waals surface area contributed by atoms with Crippen molar-refractivity contribution >= 4 is 23.0 Å². The number of benzene rings is 2. The van der Waals surface area contributed by atoms with Gasteiger partial charge in [-0.25, -0.2) is 0 Å². The normalized spacial score (nSPS) is 10.5. The number of nitrogens with one attached hydrogen (secondary N) is 1. The number of furan rings is 1. The maximum atomic E-state index is 12.4. The van der Waals surface area contributed by atoms with E-state index in [1.165, 1.54) is 13.0 Å². The number of nitrogens with zero attached hydrogens (tertiary/aromatic N) is 2. The molecule has 3 rings (SSSR count). The third kappa shape index (κ3) is 4.43. The Kier molecular flexibility index (Phi) is 5.77. The predicted octanol–water partition coefficient (Wildman–Crippen LogP) is 4.54. The highest BCUT2D eigenvalue weighted by atomic mass is 16.6. The first-order valence-electron chi connectivity index (χ1n) is 8.78. The van der Waals surface area contributed by atoms with Crippen molar-refractivity contribution in [2.24, 2.45) is 0 Å². The van der Waals surface area contributed by atoms with E-state index >= 15 is 0 Å².